The van der Waals surface area contributed by atoms with Crippen LogP contribution in [0.5, 0.6) is 11.5 Å². The van der Waals surface area contributed by atoms with Crippen molar-refractivity contribution < 1.29 is 19.1 Å². The van der Waals surface area contributed by atoms with Crippen LogP contribution in [0.4, 0.5) is 0 Å². The first kappa shape index (κ1) is 26.1. The van der Waals surface area contributed by atoms with Gasteiger partial charge in [0.05, 0.1) is 0 Å². The zero-order valence-electron chi connectivity index (χ0n) is 20.5. The lowest BCUT2D eigenvalue weighted by molar-refractivity contribution is -0.129. The maximum absolute atomic E-state index is 12.2. The third kappa shape index (κ3) is 6.92. The predicted octanol–water partition coefficient (Wildman–Crippen LogP) is 6.76. The van der Waals surface area contributed by atoms with E-state index in [4.69, 9.17) is 9.47 Å². The number of carbonyl (C=O) groups excluding carboxylic acids is 2. The fourth-order valence-electron chi connectivity index (χ4n) is 3.90. The van der Waals surface area contributed by atoms with E-state index in [0.717, 1.165) is 71.9 Å². The van der Waals surface area contributed by atoms with Gasteiger partial charge in [0.2, 0.25) is 0 Å². The summed E-state index contributed by atoms with van der Waals surface area (Å²) >= 11 is 0. The van der Waals surface area contributed by atoms with Gasteiger partial charge in [-0.3, -0.25) is 0 Å². The molecule has 0 aliphatic carbocycles. The third-order valence-corrected chi connectivity index (χ3v) is 5.83. The molecule has 2 aromatic rings. The van der Waals surface area contributed by atoms with Gasteiger partial charge in [-0.05, 0) is 72.9 Å². The molecule has 33 heavy (non-hydrogen) atoms. The lowest BCUT2D eigenvalue weighted by Crippen LogP contribution is -2.12. The van der Waals surface area contributed by atoms with Gasteiger partial charge in [0.1, 0.15) is 11.5 Å². The van der Waals surface area contributed by atoms with Gasteiger partial charge in [-0.15, -0.1) is 0 Å². The Hall–Kier alpha value is -3.14. The van der Waals surface area contributed by atoms with Crippen LogP contribution in [0.25, 0.3) is 0 Å². The highest BCUT2D eigenvalue weighted by Crippen LogP contribution is 2.35. The molecule has 2 rings (SSSR count). The van der Waals surface area contributed by atoms with Crippen molar-refractivity contribution in [2.45, 2.75) is 72.6 Å². The molecule has 0 aromatic heterocycles. The molecule has 4 heteroatoms. The van der Waals surface area contributed by atoms with Gasteiger partial charge in [-0.2, -0.15) is 0 Å². The summed E-state index contributed by atoms with van der Waals surface area (Å²) in [7, 11) is 0. The zero-order chi connectivity index (χ0) is 24.4. The fourth-order valence-corrected chi connectivity index (χ4v) is 3.90. The summed E-state index contributed by atoms with van der Waals surface area (Å²) in [6, 6.07) is 8.10. The molecule has 0 unspecified atom stereocenters. The SMILES string of the molecule is C=CC(=O)Oc1c(Cc2ccc(C)c(CCCC)c2OC(=O)C=C)ccc(C)c1CCCC. The highest BCUT2D eigenvalue weighted by Gasteiger charge is 2.20. The van der Waals surface area contributed by atoms with Crippen LogP contribution in [-0.2, 0) is 28.9 Å². The van der Waals surface area contributed by atoms with Crippen LogP contribution in [0.3, 0.4) is 0 Å². The molecule has 0 bridgehead atoms. The number of benzene rings is 2. The van der Waals surface area contributed by atoms with Crippen molar-refractivity contribution in [1.29, 1.82) is 0 Å². The van der Waals surface area contributed by atoms with E-state index in [0.29, 0.717) is 17.9 Å². The smallest absolute Gasteiger partial charge is 0.335 e. The van der Waals surface area contributed by atoms with Gasteiger partial charge in [-0.25, -0.2) is 9.59 Å². The van der Waals surface area contributed by atoms with Crippen molar-refractivity contribution in [2.75, 3.05) is 0 Å². The van der Waals surface area contributed by atoms with Crippen molar-refractivity contribution in [1.82, 2.24) is 0 Å². The van der Waals surface area contributed by atoms with Gasteiger partial charge in [0, 0.05) is 18.6 Å². The molecule has 0 N–H and O–H groups in total. The Morgan fingerprint density at radius 3 is 1.48 bits per heavy atom. The second-order valence-electron chi connectivity index (χ2n) is 8.33. The Labute approximate surface area is 198 Å². The van der Waals surface area contributed by atoms with Crippen molar-refractivity contribution in [2.24, 2.45) is 0 Å². The van der Waals surface area contributed by atoms with E-state index in [-0.39, 0.29) is 0 Å². The minimum Gasteiger partial charge on any atom is -0.423 e. The Bertz CT molecular complexity index is 935. The first-order valence-electron chi connectivity index (χ1n) is 11.8. The molecular formula is C29H36O4. The maximum atomic E-state index is 12.2. The molecular weight excluding hydrogens is 412 g/mol. The molecule has 2 aromatic carbocycles. The number of unbranched alkanes of at least 4 members (excludes halogenated alkanes) is 2. The number of carbonyl (C=O) groups is 2. The highest BCUT2D eigenvalue weighted by molar-refractivity contribution is 5.84. The van der Waals surface area contributed by atoms with Gasteiger partial charge < -0.3 is 9.47 Å². The standard InChI is InChI=1S/C29H36O4/c1-7-11-13-24-20(5)15-17-22(28(24)32-26(30)9-3)19-23-18-16-21(6)25(14-12-8-2)29(23)33-27(31)10-4/h9-10,15-18H,3-4,7-8,11-14,19H2,1-2,5-6H3. The minimum atomic E-state index is -0.481. The molecule has 0 saturated heterocycles. The van der Waals surface area contributed by atoms with Crippen molar-refractivity contribution in [3.8, 4) is 11.5 Å². The number of esters is 2. The normalized spacial score (nSPS) is 10.5. The summed E-state index contributed by atoms with van der Waals surface area (Å²) in [6.45, 7) is 15.4. The summed E-state index contributed by atoms with van der Waals surface area (Å²) in [5.74, 6) is 0.214. The number of ether oxygens (including phenoxy) is 2. The molecule has 0 fully saturated rings. The van der Waals surface area contributed by atoms with Crippen LogP contribution < -0.4 is 9.47 Å². The molecule has 0 aliphatic rings. The van der Waals surface area contributed by atoms with Crippen molar-refractivity contribution >= 4 is 11.9 Å². The van der Waals surface area contributed by atoms with E-state index in [1.165, 1.54) is 12.2 Å². The Morgan fingerprint density at radius 1 is 0.758 bits per heavy atom. The lowest BCUT2D eigenvalue weighted by atomic mass is 9.92. The van der Waals surface area contributed by atoms with E-state index in [2.05, 4.69) is 39.1 Å². The minimum absolute atomic E-state index is 0.471. The molecule has 0 amide bonds. The van der Waals surface area contributed by atoms with Gasteiger partial charge >= 0.3 is 11.9 Å². The lowest BCUT2D eigenvalue weighted by Gasteiger charge is -2.20. The van der Waals surface area contributed by atoms with Gasteiger partial charge in [-0.1, -0.05) is 64.1 Å². The molecule has 0 atom stereocenters. The molecule has 4 nitrogen and oxygen atoms in total. The molecule has 0 saturated carbocycles. The summed E-state index contributed by atoms with van der Waals surface area (Å²) in [5, 5.41) is 0. The second kappa shape index (κ2) is 12.8. The zero-order valence-corrected chi connectivity index (χ0v) is 20.5. The van der Waals surface area contributed by atoms with Crippen molar-refractivity contribution in [3.63, 3.8) is 0 Å². The van der Waals surface area contributed by atoms with E-state index in [9.17, 15) is 9.59 Å². The summed E-state index contributed by atoms with van der Waals surface area (Å²) < 4.78 is 11.5. The predicted molar refractivity (Wildman–Crippen MR) is 134 cm³/mol. The van der Waals surface area contributed by atoms with Crippen LogP contribution in [0.2, 0.25) is 0 Å². The average molecular weight is 449 g/mol. The first-order valence-corrected chi connectivity index (χ1v) is 11.8. The van der Waals surface area contributed by atoms with Gasteiger partial charge in [0.25, 0.3) is 0 Å². The largest absolute Gasteiger partial charge is 0.423 e. The Balaban J connectivity index is 2.62. The fraction of sp³-hybridized carbons (Fsp3) is 0.379. The molecule has 0 heterocycles. The van der Waals surface area contributed by atoms with Crippen LogP contribution in [-0.4, -0.2) is 11.9 Å². The molecule has 176 valence electrons. The number of hydrogen-bond donors (Lipinski definition) is 0. The van der Waals surface area contributed by atoms with E-state index < -0.39 is 11.9 Å². The Morgan fingerprint density at radius 2 is 1.15 bits per heavy atom. The quantitative estimate of drug-likeness (QED) is 0.204. The average Bonchev–Trinajstić information content (AvgIpc) is 2.81. The van der Waals surface area contributed by atoms with E-state index >= 15 is 0 Å². The van der Waals surface area contributed by atoms with Crippen LogP contribution in [0.1, 0.15) is 72.9 Å². The molecule has 0 aliphatic heterocycles. The number of hydrogen-bond acceptors (Lipinski definition) is 4. The van der Waals surface area contributed by atoms with Crippen LogP contribution >= 0.6 is 0 Å². The number of aryl methyl sites for hydroxylation is 2. The maximum Gasteiger partial charge on any atom is 0.335 e. The third-order valence-electron chi connectivity index (χ3n) is 5.83. The van der Waals surface area contributed by atoms with Gasteiger partial charge in [0.15, 0.2) is 0 Å². The molecule has 0 spiro atoms. The number of rotatable bonds is 12. The topological polar surface area (TPSA) is 52.6 Å². The summed E-state index contributed by atoms with van der Waals surface area (Å²) in [6.07, 6.45) is 8.56. The van der Waals surface area contributed by atoms with Crippen molar-refractivity contribution in [3.05, 3.63) is 83.0 Å². The summed E-state index contributed by atoms with van der Waals surface area (Å²) in [5.41, 5.74) is 6.00. The van der Waals surface area contributed by atoms with E-state index in [1.54, 1.807) is 0 Å². The first-order chi connectivity index (χ1) is 15.9. The highest BCUT2D eigenvalue weighted by atomic mass is 16.5. The van der Waals surface area contributed by atoms with Crippen LogP contribution in [0, 0.1) is 13.8 Å². The summed E-state index contributed by atoms with van der Waals surface area (Å²) in [4.78, 5) is 24.3. The monoisotopic (exact) mass is 448 g/mol. The molecule has 0 radical (unpaired) electrons. The Kier molecular flexibility index (Phi) is 10.1. The van der Waals surface area contributed by atoms with E-state index in [1.807, 2.05) is 26.0 Å². The second-order valence-corrected chi connectivity index (χ2v) is 8.33. The van der Waals surface area contributed by atoms with Crippen LogP contribution in [0.15, 0.2) is 49.6 Å².